The molecule has 16 heavy (non-hydrogen) atoms. The lowest BCUT2D eigenvalue weighted by Crippen LogP contribution is -2.37. The number of likely N-dealkylation sites (N-methyl/N-ethyl adjacent to an activating group) is 1. The molecule has 0 bridgehead atoms. The van der Waals surface area contributed by atoms with Gasteiger partial charge >= 0.3 is 0 Å². The van der Waals surface area contributed by atoms with E-state index in [0.717, 1.165) is 13.1 Å². The first-order chi connectivity index (χ1) is 7.67. The number of nitrogens with zero attached hydrogens (tertiary/aromatic N) is 1. The third kappa shape index (κ3) is 3.95. The first-order valence-electron chi connectivity index (χ1n) is 6.13. The second-order valence-corrected chi connectivity index (χ2v) is 4.58. The molecule has 0 aromatic heterocycles. The van der Waals surface area contributed by atoms with Crippen LogP contribution in [0.1, 0.15) is 30.9 Å². The molecule has 1 aromatic carbocycles. The Bertz CT molecular complexity index is 292. The van der Waals surface area contributed by atoms with Crippen LogP contribution in [-0.2, 0) is 6.54 Å². The van der Waals surface area contributed by atoms with Crippen LogP contribution < -0.4 is 5.73 Å². The van der Waals surface area contributed by atoms with E-state index in [0.29, 0.717) is 6.04 Å². The molecule has 0 saturated heterocycles. The quantitative estimate of drug-likeness (QED) is 0.798. The first-order valence-corrected chi connectivity index (χ1v) is 6.13. The highest BCUT2D eigenvalue weighted by Gasteiger charge is 2.11. The molecule has 90 valence electrons. The van der Waals surface area contributed by atoms with Crippen LogP contribution in [0.4, 0.5) is 0 Å². The van der Waals surface area contributed by atoms with Gasteiger partial charge in [-0.05, 0) is 26.0 Å². The summed E-state index contributed by atoms with van der Waals surface area (Å²) in [5, 5.41) is 0. The second-order valence-electron chi connectivity index (χ2n) is 4.58. The van der Waals surface area contributed by atoms with Crippen molar-refractivity contribution in [2.45, 2.75) is 39.3 Å². The van der Waals surface area contributed by atoms with Crippen molar-refractivity contribution in [1.82, 2.24) is 4.90 Å². The molecule has 1 unspecified atom stereocenters. The Morgan fingerprint density at radius 3 is 2.38 bits per heavy atom. The predicted molar refractivity (Wildman–Crippen MR) is 70.4 cm³/mol. The highest BCUT2D eigenvalue weighted by molar-refractivity contribution is 5.21. The smallest absolute Gasteiger partial charge is 0.0234 e. The van der Waals surface area contributed by atoms with Crippen molar-refractivity contribution in [2.24, 2.45) is 5.73 Å². The van der Waals surface area contributed by atoms with Crippen LogP contribution in [0.15, 0.2) is 24.3 Å². The van der Waals surface area contributed by atoms with Crippen LogP contribution in [0.2, 0.25) is 0 Å². The van der Waals surface area contributed by atoms with Crippen LogP contribution in [0.25, 0.3) is 0 Å². The maximum Gasteiger partial charge on any atom is 0.0234 e. The number of hydrogen-bond acceptors (Lipinski definition) is 2. The summed E-state index contributed by atoms with van der Waals surface area (Å²) in [6.07, 6.45) is 2.37. The molecule has 0 saturated carbocycles. The third-order valence-corrected chi connectivity index (χ3v) is 3.07. The molecule has 0 heterocycles. The van der Waals surface area contributed by atoms with Crippen molar-refractivity contribution in [3.05, 3.63) is 35.4 Å². The molecule has 1 atom stereocenters. The molecule has 2 nitrogen and oxygen atoms in total. The highest BCUT2D eigenvalue weighted by Crippen LogP contribution is 2.10. The van der Waals surface area contributed by atoms with E-state index < -0.39 is 0 Å². The van der Waals surface area contributed by atoms with E-state index in [1.54, 1.807) is 0 Å². The zero-order chi connectivity index (χ0) is 12.0. The number of benzene rings is 1. The van der Waals surface area contributed by atoms with Crippen molar-refractivity contribution >= 4 is 0 Å². The molecule has 0 radical (unpaired) electrons. The SMILES string of the molecule is CCCC(CN)N(C)Cc1ccc(C)cc1. The van der Waals surface area contributed by atoms with Crippen molar-refractivity contribution < 1.29 is 0 Å². The zero-order valence-corrected chi connectivity index (χ0v) is 10.7. The first kappa shape index (κ1) is 13.2. The van der Waals surface area contributed by atoms with Crippen LogP contribution >= 0.6 is 0 Å². The van der Waals surface area contributed by atoms with E-state index in [1.165, 1.54) is 24.0 Å². The minimum Gasteiger partial charge on any atom is -0.329 e. The zero-order valence-electron chi connectivity index (χ0n) is 10.7. The average Bonchev–Trinajstić information content (AvgIpc) is 2.29. The van der Waals surface area contributed by atoms with E-state index in [2.05, 4.69) is 50.1 Å². The van der Waals surface area contributed by atoms with Gasteiger partial charge in [0.15, 0.2) is 0 Å². The molecule has 0 fully saturated rings. The van der Waals surface area contributed by atoms with Gasteiger partial charge in [0.1, 0.15) is 0 Å². The molecule has 1 rings (SSSR count). The Morgan fingerprint density at radius 2 is 1.88 bits per heavy atom. The lowest BCUT2D eigenvalue weighted by atomic mass is 10.1. The highest BCUT2D eigenvalue weighted by atomic mass is 15.1. The fourth-order valence-electron chi connectivity index (χ4n) is 1.96. The average molecular weight is 220 g/mol. The summed E-state index contributed by atoms with van der Waals surface area (Å²) in [7, 11) is 2.16. The Labute approximate surface area is 99.5 Å². The lowest BCUT2D eigenvalue weighted by Gasteiger charge is -2.26. The van der Waals surface area contributed by atoms with Crippen LogP contribution in [-0.4, -0.2) is 24.5 Å². The molecular weight excluding hydrogens is 196 g/mol. The fraction of sp³-hybridized carbons (Fsp3) is 0.571. The summed E-state index contributed by atoms with van der Waals surface area (Å²) >= 11 is 0. The Morgan fingerprint density at radius 1 is 1.25 bits per heavy atom. The Hall–Kier alpha value is -0.860. The van der Waals surface area contributed by atoms with E-state index in [-0.39, 0.29) is 0 Å². The number of rotatable bonds is 6. The number of nitrogens with two attached hydrogens (primary N) is 1. The van der Waals surface area contributed by atoms with Gasteiger partial charge in [-0.2, -0.15) is 0 Å². The van der Waals surface area contributed by atoms with Gasteiger partial charge in [0, 0.05) is 19.1 Å². The summed E-state index contributed by atoms with van der Waals surface area (Å²) in [5.74, 6) is 0. The second kappa shape index (κ2) is 6.66. The molecule has 0 aliphatic rings. The molecule has 0 aliphatic carbocycles. The summed E-state index contributed by atoms with van der Waals surface area (Å²) in [5.41, 5.74) is 8.47. The van der Waals surface area contributed by atoms with Gasteiger partial charge in [-0.25, -0.2) is 0 Å². The van der Waals surface area contributed by atoms with Crippen LogP contribution in [0.5, 0.6) is 0 Å². The minimum atomic E-state index is 0.506. The van der Waals surface area contributed by atoms with Crippen molar-refractivity contribution in [3.63, 3.8) is 0 Å². The van der Waals surface area contributed by atoms with Crippen LogP contribution in [0.3, 0.4) is 0 Å². The van der Waals surface area contributed by atoms with Gasteiger partial charge in [0.25, 0.3) is 0 Å². The summed E-state index contributed by atoms with van der Waals surface area (Å²) in [6.45, 7) is 6.06. The van der Waals surface area contributed by atoms with Crippen molar-refractivity contribution in [3.8, 4) is 0 Å². The summed E-state index contributed by atoms with van der Waals surface area (Å²) in [6, 6.07) is 9.24. The largest absolute Gasteiger partial charge is 0.329 e. The van der Waals surface area contributed by atoms with Gasteiger partial charge in [-0.3, -0.25) is 4.90 Å². The predicted octanol–water partition coefficient (Wildman–Crippen LogP) is 2.55. The van der Waals surface area contributed by atoms with E-state index in [1.807, 2.05) is 0 Å². The maximum absolute atomic E-state index is 5.80. The molecule has 2 N–H and O–H groups in total. The van der Waals surface area contributed by atoms with E-state index >= 15 is 0 Å². The summed E-state index contributed by atoms with van der Waals surface area (Å²) < 4.78 is 0. The summed E-state index contributed by atoms with van der Waals surface area (Å²) in [4.78, 5) is 2.36. The van der Waals surface area contributed by atoms with E-state index in [4.69, 9.17) is 5.73 Å². The van der Waals surface area contributed by atoms with Gasteiger partial charge in [0.05, 0.1) is 0 Å². The monoisotopic (exact) mass is 220 g/mol. The molecule has 0 spiro atoms. The van der Waals surface area contributed by atoms with Gasteiger partial charge in [-0.15, -0.1) is 0 Å². The standard InChI is InChI=1S/C14H24N2/c1-4-5-14(10-15)16(3)11-13-8-6-12(2)7-9-13/h6-9,14H,4-5,10-11,15H2,1-3H3. The maximum atomic E-state index is 5.80. The fourth-order valence-corrected chi connectivity index (χ4v) is 1.96. The molecule has 1 aromatic rings. The van der Waals surface area contributed by atoms with Crippen molar-refractivity contribution in [1.29, 1.82) is 0 Å². The molecule has 0 amide bonds. The topological polar surface area (TPSA) is 29.3 Å². The minimum absolute atomic E-state index is 0.506. The molecule has 2 heteroatoms. The van der Waals surface area contributed by atoms with E-state index in [9.17, 15) is 0 Å². The van der Waals surface area contributed by atoms with Gasteiger partial charge in [0.2, 0.25) is 0 Å². The van der Waals surface area contributed by atoms with Crippen molar-refractivity contribution in [2.75, 3.05) is 13.6 Å². The van der Waals surface area contributed by atoms with Gasteiger partial charge in [-0.1, -0.05) is 43.2 Å². The van der Waals surface area contributed by atoms with Crippen LogP contribution in [0, 0.1) is 6.92 Å². The number of aryl methyl sites for hydroxylation is 1. The third-order valence-electron chi connectivity index (χ3n) is 3.07. The van der Waals surface area contributed by atoms with Gasteiger partial charge < -0.3 is 5.73 Å². The Balaban J connectivity index is 2.55. The number of hydrogen-bond donors (Lipinski definition) is 1. The molecular formula is C14H24N2. The lowest BCUT2D eigenvalue weighted by molar-refractivity contribution is 0.226. The normalized spacial score (nSPS) is 13.1. The Kier molecular flexibility index (Phi) is 5.50. The molecule has 0 aliphatic heterocycles.